The zero-order chi connectivity index (χ0) is 11.6. The van der Waals surface area contributed by atoms with Gasteiger partial charge in [-0.25, -0.2) is 4.98 Å². The molecule has 3 heteroatoms. The van der Waals surface area contributed by atoms with Crippen molar-refractivity contribution in [3.8, 4) is 5.75 Å². The largest absolute Gasteiger partial charge is 0.493 e. The lowest BCUT2D eigenvalue weighted by molar-refractivity contribution is 0.305. The molecule has 0 bridgehead atoms. The van der Waals surface area contributed by atoms with E-state index in [1.807, 2.05) is 12.1 Å². The zero-order valence-corrected chi connectivity index (χ0v) is 10.3. The lowest BCUT2D eigenvalue weighted by Crippen LogP contribution is -2.01. The van der Waals surface area contributed by atoms with Gasteiger partial charge >= 0.3 is 0 Å². The molecule has 0 aliphatic carbocycles. The van der Waals surface area contributed by atoms with Crippen LogP contribution in [0.3, 0.4) is 0 Å². The molecule has 1 N–H and O–H groups in total. The third kappa shape index (κ3) is 5.01. The highest BCUT2D eigenvalue weighted by Crippen LogP contribution is 2.14. The van der Waals surface area contributed by atoms with Crippen molar-refractivity contribution in [2.75, 3.05) is 18.5 Å². The topological polar surface area (TPSA) is 34.1 Å². The van der Waals surface area contributed by atoms with Crippen molar-refractivity contribution in [2.24, 2.45) is 0 Å². The maximum atomic E-state index is 5.66. The van der Waals surface area contributed by atoms with Crippen molar-refractivity contribution < 1.29 is 4.74 Å². The second kappa shape index (κ2) is 7.97. The minimum Gasteiger partial charge on any atom is -0.493 e. The Labute approximate surface area is 98.2 Å². The molecule has 0 aliphatic rings. The Balaban J connectivity index is 2.27. The summed E-state index contributed by atoms with van der Waals surface area (Å²) in [5.74, 6) is 1.79. The Morgan fingerprint density at radius 2 is 2.12 bits per heavy atom. The molecule has 3 nitrogen and oxygen atoms in total. The molecule has 0 saturated heterocycles. The Bertz CT molecular complexity index is 289. The van der Waals surface area contributed by atoms with Crippen LogP contribution in [-0.4, -0.2) is 18.1 Å². The number of hydrogen-bond donors (Lipinski definition) is 1. The number of hydrogen-bond acceptors (Lipinski definition) is 3. The fraction of sp³-hybridized carbons (Fsp3) is 0.615. The molecule has 0 atom stereocenters. The molecule has 0 aliphatic heterocycles. The summed E-state index contributed by atoms with van der Waals surface area (Å²) in [5, 5.41) is 3.17. The third-order valence-corrected chi connectivity index (χ3v) is 2.36. The Morgan fingerprint density at radius 3 is 2.88 bits per heavy atom. The molecular formula is C13H22N2O. The first-order valence-corrected chi connectivity index (χ1v) is 6.19. The molecule has 0 radical (unpaired) electrons. The second-order valence-corrected chi connectivity index (χ2v) is 3.82. The summed E-state index contributed by atoms with van der Waals surface area (Å²) in [6.07, 6.45) is 6.72. The molecule has 1 rings (SSSR count). The second-order valence-electron chi connectivity index (χ2n) is 3.82. The summed E-state index contributed by atoms with van der Waals surface area (Å²) in [7, 11) is 0. The average Bonchev–Trinajstić information content (AvgIpc) is 2.30. The highest BCUT2D eigenvalue weighted by molar-refractivity contribution is 5.40. The monoisotopic (exact) mass is 222 g/mol. The van der Waals surface area contributed by atoms with E-state index >= 15 is 0 Å². The van der Waals surface area contributed by atoms with Gasteiger partial charge in [0.25, 0.3) is 0 Å². The first kappa shape index (κ1) is 12.8. The number of pyridine rings is 1. The SMILES string of the molecule is CCCCCCOc1ccnc(NCC)c1. The van der Waals surface area contributed by atoms with Gasteiger partial charge in [0.2, 0.25) is 0 Å². The summed E-state index contributed by atoms with van der Waals surface area (Å²) in [6, 6.07) is 3.85. The minimum atomic E-state index is 0.801. The molecule has 0 fully saturated rings. The van der Waals surface area contributed by atoms with Gasteiger partial charge in [0, 0.05) is 18.8 Å². The molecule has 1 aromatic rings. The first-order valence-electron chi connectivity index (χ1n) is 6.19. The van der Waals surface area contributed by atoms with E-state index in [0.29, 0.717) is 0 Å². The van der Waals surface area contributed by atoms with Crippen LogP contribution in [0.1, 0.15) is 39.5 Å². The smallest absolute Gasteiger partial charge is 0.129 e. The highest BCUT2D eigenvalue weighted by Gasteiger charge is 1.96. The molecule has 0 aromatic carbocycles. The van der Waals surface area contributed by atoms with Crippen LogP contribution in [0.5, 0.6) is 5.75 Å². The van der Waals surface area contributed by atoms with Gasteiger partial charge in [0.05, 0.1) is 6.61 Å². The van der Waals surface area contributed by atoms with E-state index in [-0.39, 0.29) is 0 Å². The lowest BCUT2D eigenvalue weighted by atomic mass is 10.2. The van der Waals surface area contributed by atoms with Crippen LogP contribution in [0.2, 0.25) is 0 Å². The Hall–Kier alpha value is -1.25. The Kier molecular flexibility index (Phi) is 6.38. The van der Waals surface area contributed by atoms with Crippen LogP contribution < -0.4 is 10.1 Å². The van der Waals surface area contributed by atoms with Gasteiger partial charge in [0.15, 0.2) is 0 Å². The van der Waals surface area contributed by atoms with E-state index < -0.39 is 0 Å². The summed E-state index contributed by atoms with van der Waals surface area (Å²) >= 11 is 0. The van der Waals surface area contributed by atoms with E-state index in [4.69, 9.17) is 4.74 Å². The predicted octanol–water partition coefficient (Wildman–Crippen LogP) is 3.47. The zero-order valence-electron chi connectivity index (χ0n) is 10.3. The number of ether oxygens (including phenoxy) is 1. The van der Waals surface area contributed by atoms with Crippen molar-refractivity contribution in [3.05, 3.63) is 18.3 Å². The number of nitrogens with one attached hydrogen (secondary N) is 1. The van der Waals surface area contributed by atoms with E-state index in [0.717, 1.165) is 31.1 Å². The van der Waals surface area contributed by atoms with Crippen LogP contribution in [0.4, 0.5) is 5.82 Å². The van der Waals surface area contributed by atoms with Crippen LogP contribution in [-0.2, 0) is 0 Å². The van der Waals surface area contributed by atoms with Gasteiger partial charge in [0.1, 0.15) is 11.6 Å². The Morgan fingerprint density at radius 1 is 1.25 bits per heavy atom. The molecule has 0 saturated carbocycles. The molecule has 16 heavy (non-hydrogen) atoms. The van der Waals surface area contributed by atoms with E-state index in [2.05, 4.69) is 24.1 Å². The van der Waals surface area contributed by atoms with E-state index in [9.17, 15) is 0 Å². The molecule has 0 unspecified atom stereocenters. The standard InChI is InChI=1S/C13H22N2O/c1-3-5-6-7-10-16-12-8-9-15-13(11-12)14-4-2/h8-9,11H,3-7,10H2,1-2H3,(H,14,15). The fourth-order valence-electron chi connectivity index (χ4n) is 1.50. The van der Waals surface area contributed by atoms with Crippen molar-refractivity contribution in [1.29, 1.82) is 0 Å². The number of unbranched alkanes of at least 4 members (excludes halogenated alkanes) is 3. The summed E-state index contributed by atoms with van der Waals surface area (Å²) in [5.41, 5.74) is 0. The van der Waals surface area contributed by atoms with Gasteiger partial charge < -0.3 is 10.1 Å². The van der Waals surface area contributed by atoms with E-state index in [1.165, 1.54) is 19.3 Å². The van der Waals surface area contributed by atoms with E-state index in [1.54, 1.807) is 6.20 Å². The highest BCUT2D eigenvalue weighted by atomic mass is 16.5. The maximum absolute atomic E-state index is 5.66. The quantitative estimate of drug-likeness (QED) is 0.684. The number of aromatic nitrogens is 1. The molecule has 1 heterocycles. The molecular weight excluding hydrogens is 200 g/mol. The lowest BCUT2D eigenvalue weighted by Gasteiger charge is -2.07. The number of nitrogens with zero attached hydrogens (tertiary/aromatic N) is 1. The molecule has 1 aromatic heterocycles. The van der Waals surface area contributed by atoms with Gasteiger partial charge in [-0.2, -0.15) is 0 Å². The summed E-state index contributed by atoms with van der Waals surface area (Å²) < 4.78 is 5.66. The van der Waals surface area contributed by atoms with Gasteiger partial charge in [-0.1, -0.05) is 26.2 Å². The normalized spacial score (nSPS) is 10.1. The molecule has 90 valence electrons. The van der Waals surface area contributed by atoms with Crippen LogP contribution in [0, 0.1) is 0 Å². The predicted molar refractivity (Wildman–Crippen MR) is 68.0 cm³/mol. The molecule has 0 amide bonds. The minimum absolute atomic E-state index is 0.801. The van der Waals surface area contributed by atoms with Crippen LogP contribution in [0.15, 0.2) is 18.3 Å². The summed E-state index contributed by atoms with van der Waals surface area (Å²) in [4.78, 5) is 4.20. The van der Waals surface area contributed by atoms with Crippen LogP contribution >= 0.6 is 0 Å². The van der Waals surface area contributed by atoms with Gasteiger partial charge in [-0.15, -0.1) is 0 Å². The van der Waals surface area contributed by atoms with Crippen molar-refractivity contribution >= 4 is 5.82 Å². The average molecular weight is 222 g/mol. The van der Waals surface area contributed by atoms with Gasteiger partial charge in [-0.3, -0.25) is 0 Å². The fourth-order valence-corrected chi connectivity index (χ4v) is 1.50. The van der Waals surface area contributed by atoms with Crippen LogP contribution in [0.25, 0.3) is 0 Å². The first-order chi connectivity index (χ1) is 7.86. The van der Waals surface area contributed by atoms with Gasteiger partial charge in [-0.05, 0) is 19.4 Å². The number of rotatable bonds is 8. The maximum Gasteiger partial charge on any atom is 0.129 e. The third-order valence-electron chi connectivity index (χ3n) is 2.36. The summed E-state index contributed by atoms with van der Waals surface area (Å²) in [6.45, 7) is 5.95. The number of anilines is 1. The molecule has 0 spiro atoms. The van der Waals surface area contributed by atoms with Crippen molar-refractivity contribution in [3.63, 3.8) is 0 Å². The van der Waals surface area contributed by atoms with Crippen molar-refractivity contribution in [1.82, 2.24) is 4.98 Å². The van der Waals surface area contributed by atoms with Crippen molar-refractivity contribution in [2.45, 2.75) is 39.5 Å².